The molecule has 0 aliphatic heterocycles. The van der Waals surface area contributed by atoms with E-state index in [4.69, 9.17) is 32.0 Å². The van der Waals surface area contributed by atoms with Crippen molar-refractivity contribution in [2.45, 2.75) is 6.42 Å². The quantitative estimate of drug-likeness (QED) is 0.346. The molecule has 0 aliphatic carbocycles. The van der Waals surface area contributed by atoms with E-state index in [1.54, 1.807) is 66.7 Å². The number of furan rings is 2. The Hall–Kier alpha value is -3.28. The molecule has 0 atom stereocenters. The molecule has 0 radical (unpaired) electrons. The first-order chi connectivity index (χ1) is 14.5. The fourth-order valence-electron chi connectivity index (χ4n) is 2.90. The summed E-state index contributed by atoms with van der Waals surface area (Å²) in [5.41, 5.74) is 2.04. The minimum Gasteiger partial charge on any atom is -0.461 e. The fraction of sp³-hybridized carbons (Fsp3) is 0.0435. The van der Waals surface area contributed by atoms with Crippen molar-refractivity contribution in [3.63, 3.8) is 0 Å². The molecule has 1 amide bonds. The molecule has 5 nitrogen and oxygen atoms in total. The molecule has 30 heavy (non-hydrogen) atoms. The second-order valence-corrected chi connectivity index (χ2v) is 7.36. The van der Waals surface area contributed by atoms with Crippen molar-refractivity contribution in [2.75, 3.05) is 5.32 Å². The summed E-state index contributed by atoms with van der Waals surface area (Å²) < 4.78 is 10.8. The second kappa shape index (κ2) is 8.61. The predicted molar refractivity (Wildman–Crippen MR) is 115 cm³/mol. The first kappa shape index (κ1) is 20.0. The van der Waals surface area contributed by atoms with Crippen LogP contribution in [0, 0.1) is 0 Å². The molecular formula is C23H15Cl2NO4. The van der Waals surface area contributed by atoms with Crippen LogP contribution in [0.4, 0.5) is 5.69 Å². The van der Waals surface area contributed by atoms with Crippen molar-refractivity contribution in [3.05, 3.63) is 100 Å². The predicted octanol–water partition coefficient (Wildman–Crippen LogP) is 6.52. The molecule has 0 fully saturated rings. The Balaban J connectivity index is 1.41. The second-order valence-electron chi connectivity index (χ2n) is 6.52. The summed E-state index contributed by atoms with van der Waals surface area (Å²) in [6, 6.07) is 18.6. The number of nitrogens with one attached hydrogen (secondary N) is 1. The molecule has 0 bridgehead atoms. The molecule has 0 unspecified atom stereocenters. The monoisotopic (exact) mass is 439 g/mol. The lowest BCUT2D eigenvalue weighted by atomic mass is 10.1. The summed E-state index contributed by atoms with van der Waals surface area (Å²) >= 11 is 12.1. The van der Waals surface area contributed by atoms with Gasteiger partial charge in [0.05, 0.1) is 11.3 Å². The van der Waals surface area contributed by atoms with Crippen LogP contribution in [0.15, 0.2) is 81.8 Å². The third-order valence-corrected chi connectivity index (χ3v) is 4.95. The highest BCUT2D eigenvalue weighted by molar-refractivity contribution is 6.36. The van der Waals surface area contributed by atoms with E-state index in [9.17, 15) is 9.59 Å². The molecule has 2 heterocycles. The van der Waals surface area contributed by atoms with Gasteiger partial charge in [-0.15, -0.1) is 0 Å². The maximum Gasteiger partial charge on any atom is 0.291 e. The summed E-state index contributed by atoms with van der Waals surface area (Å²) in [5, 5.41) is 3.71. The Labute approximate surface area is 182 Å². The Kier molecular flexibility index (Phi) is 5.74. The lowest BCUT2D eigenvalue weighted by Crippen LogP contribution is -2.11. The Morgan fingerprint density at radius 3 is 2.40 bits per heavy atom. The van der Waals surface area contributed by atoms with Gasteiger partial charge in [-0.3, -0.25) is 9.59 Å². The highest BCUT2D eigenvalue weighted by atomic mass is 35.5. The van der Waals surface area contributed by atoms with Gasteiger partial charge in [0.15, 0.2) is 11.5 Å². The number of anilines is 1. The van der Waals surface area contributed by atoms with Crippen LogP contribution in [0.5, 0.6) is 0 Å². The lowest BCUT2D eigenvalue weighted by molar-refractivity contribution is 0.0964. The zero-order valence-corrected chi connectivity index (χ0v) is 17.0. The van der Waals surface area contributed by atoms with Gasteiger partial charge in [-0.2, -0.15) is 0 Å². The number of benzene rings is 2. The highest BCUT2D eigenvalue weighted by Crippen LogP contribution is 2.31. The molecule has 150 valence electrons. The third kappa shape index (κ3) is 4.48. The van der Waals surface area contributed by atoms with Gasteiger partial charge in [-0.05, 0) is 60.2 Å². The first-order valence-corrected chi connectivity index (χ1v) is 9.77. The number of rotatable bonds is 6. The van der Waals surface area contributed by atoms with Crippen LogP contribution in [0.25, 0.3) is 11.3 Å². The molecule has 0 saturated carbocycles. The molecular weight excluding hydrogens is 425 g/mol. The standard InChI is InChI=1S/C23H15Cl2NO4/c24-15-5-8-17(18(25)13-15)20-9-10-22(30-20)23(28)26-16-6-3-14(4-7-16)12-19(27)21-2-1-11-29-21/h1-11,13H,12H2,(H,26,28). The van der Waals surface area contributed by atoms with E-state index < -0.39 is 5.91 Å². The van der Waals surface area contributed by atoms with Crippen LogP contribution in [0.2, 0.25) is 10.0 Å². The van der Waals surface area contributed by atoms with E-state index in [0.717, 1.165) is 5.56 Å². The van der Waals surface area contributed by atoms with Crippen molar-refractivity contribution in [1.29, 1.82) is 0 Å². The van der Waals surface area contributed by atoms with E-state index in [0.29, 0.717) is 32.8 Å². The van der Waals surface area contributed by atoms with E-state index in [1.165, 1.54) is 6.26 Å². The number of carbonyl (C=O) groups is 2. The topological polar surface area (TPSA) is 72.5 Å². The minimum absolute atomic E-state index is 0.110. The third-order valence-electron chi connectivity index (χ3n) is 4.40. The molecule has 4 rings (SSSR count). The fourth-order valence-corrected chi connectivity index (χ4v) is 3.40. The SMILES string of the molecule is O=C(Cc1ccc(NC(=O)c2ccc(-c3ccc(Cl)cc3Cl)o2)cc1)c1ccco1. The number of hydrogen-bond acceptors (Lipinski definition) is 4. The number of carbonyl (C=O) groups excluding carboxylic acids is 2. The van der Waals surface area contributed by atoms with Gasteiger partial charge in [0, 0.05) is 22.7 Å². The molecule has 0 spiro atoms. The summed E-state index contributed by atoms with van der Waals surface area (Å²) in [7, 11) is 0. The van der Waals surface area contributed by atoms with Crippen LogP contribution < -0.4 is 5.32 Å². The van der Waals surface area contributed by atoms with Gasteiger partial charge >= 0.3 is 0 Å². The van der Waals surface area contributed by atoms with E-state index in [-0.39, 0.29) is 18.0 Å². The smallest absolute Gasteiger partial charge is 0.291 e. The van der Waals surface area contributed by atoms with Gasteiger partial charge < -0.3 is 14.2 Å². The van der Waals surface area contributed by atoms with Crippen molar-refractivity contribution in [1.82, 2.24) is 0 Å². The Bertz CT molecular complexity index is 1190. The molecule has 4 aromatic rings. The largest absolute Gasteiger partial charge is 0.461 e. The van der Waals surface area contributed by atoms with Gasteiger partial charge in [-0.25, -0.2) is 0 Å². The summed E-state index contributed by atoms with van der Waals surface area (Å²) in [4.78, 5) is 24.6. The number of ketones is 1. The molecule has 1 N–H and O–H groups in total. The number of hydrogen-bond donors (Lipinski definition) is 1. The van der Waals surface area contributed by atoms with Crippen molar-refractivity contribution < 1.29 is 18.4 Å². The Morgan fingerprint density at radius 2 is 1.70 bits per heavy atom. The Morgan fingerprint density at radius 1 is 0.900 bits per heavy atom. The highest BCUT2D eigenvalue weighted by Gasteiger charge is 2.15. The van der Waals surface area contributed by atoms with Crippen LogP contribution in [-0.2, 0) is 6.42 Å². The molecule has 0 saturated heterocycles. The normalized spacial score (nSPS) is 10.7. The van der Waals surface area contributed by atoms with Gasteiger partial charge in [0.25, 0.3) is 5.91 Å². The van der Waals surface area contributed by atoms with Crippen molar-refractivity contribution in [2.24, 2.45) is 0 Å². The lowest BCUT2D eigenvalue weighted by Gasteiger charge is -2.05. The number of Topliss-reactive ketones (excluding diaryl/α,β-unsaturated/α-hetero) is 1. The van der Waals surface area contributed by atoms with Crippen LogP contribution in [0.1, 0.15) is 26.7 Å². The zero-order chi connectivity index (χ0) is 21.1. The average Bonchev–Trinajstić information content (AvgIpc) is 3.42. The summed E-state index contributed by atoms with van der Waals surface area (Å²) in [6.07, 6.45) is 1.68. The maximum absolute atomic E-state index is 12.5. The average molecular weight is 440 g/mol. The van der Waals surface area contributed by atoms with Crippen molar-refractivity contribution >= 4 is 40.6 Å². The zero-order valence-electron chi connectivity index (χ0n) is 15.5. The number of halogens is 2. The van der Waals surface area contributed by atoms with Crippen LogP contribution in [0.3, 0.4) is 0 Å². The molecule has 7 heteroatoms. The minimum atomic E-state index is -0.397. The maximum atomic E-state index is 12.5. The van der Waals surface area contributed by atoms with Crippen LogP contribution >= 0.6 is 23.2 Å². The van der Waals surface area contributed by atoms with Gasteiger partial charge in [0.2, 0.25) is 5.78 Å². The molecule has 2 aromatic heterocycles. The summed E-state index contributed by atoms with van der Waals surface area (Å²) in [6.45, 7) is 0. The van der Waals surface area contributed by atoms with Crippen LogP contribution in [-0.4, -0.2) is 11.7 Å². The summed E-state index contributed by atoms with van der Waals surface area (Å²) in [5.74, 6) is 0.426. The molecule has 2 aromatic carbocycles. The first-order valence-electron chi connectivity index (χ1n) is 9.02. The van der Waals surface area contributed by atoms with E-state index in [1.807, 2.05) is 0 Å². The van der Waals surface area contributed by atoms with Gasteiger partial charge in [-0.1, -0.05) is 35.3 Å². The number of amides is 1. The van der Waals surface area contributed by atoms with Crippen molar-refractivity contribution in [3.8, 4) is 11.3 Å². The van der Waals surface area contributed by atoms with E-state index >= 15 is 0 Å². The van der Waals surface area contributed by atoms with E-state index in [2.05, 4.69) is 5.32 Å². The van der Waals surface area contributed by atoms with Gasteiger partial charge in [0.1, 0.15) is 5.76 Å². The molecule has 0 aliphatic rings.